The quantitative estimate of drug-likeness (QED) is 0.845. The SMILES string of the molecule is Cc1cc(N2CCCC(C)(C)C2)nc(-c2ccncc2)n1. The Hall–Kier alpha value is -1.97. The molecule has 0 spiro atoms. The molecule has 0 saturated carbocycles. The van der Waals surface area contributed by atoms with Crippen molar-refractivity contribution in [3.05, 3.63) is 36.3 Å². The zero-order chi connectivity index (χ0) is 14.9. The van der Waals surface area contributed by atoms with Gasteiger partial charge in [0.25, 0.3) is 0 Å². The molecule has 4 nitrogen and oxygen atoms in total. The lowest BCUT2D eigenvalue weighted by Gasteiger charge is -2.38. The number of aryl methyl sites for hydroxylation is 1. The summed E-state index contributed by atoms with van der Waals surface area (Å²) in [6.45, 7) is 8.83. The minimum absolute atomic E-state index is 0.355. The third-order valence-electron chi connectivity index (χ3n) is 4.00. The van der Waals surface area contributed by atoms with Gasteiger partial charge < -0.3 is 4.90 Å². The first-order valence-electron chi connectivity index (χ1n) is 7.55. The Balaban J connectivity index is 1.95. The summed E-state index contributed by atoms with van der Waals surface area (Å²) in [4.78, 5) is 15.8. The van der Waals surface area contributed by atoms with E-state index in [0.29, 0.717) is 5.41 Å². The van der Waals surface area contributed by atoms with E-state index in [-0.39, 0.29) is 0 Å². The lowest BCUT2D eigenvalue weighted by Crippen LogP contribution is -2.40. The highest BCUT2D eigenvalue weighted by molar-refractivity contribution is 5.57. The maximum atomic E-state index is 4.78. The summed E-state index contributed by atoms with van der Waals surface area (Å²) in [5.74, 6) is 1.83. The van der Waals surface area contributed by atoms with Gasteiger partial charge in [-0.1, -0.05) is 13.8 Å². The summed E-state index contributed by atoms with van der Waals surface area (Å²) in [5.41, 5.74) is 2.38. The fraction of sp³-hybridized carbons (Fsp3) is 0.471. The minimum Gasteiger partial charge on any atom is -0.356 e. The zero-order valence-electron chi connectivity index (χ0n) is 13.0. The number of pyridine rings is 1. The standard InChI is InChI=1S/C17H22N4/c1-13-11-15(21-10-4-7-17(2,3)12-21)20-16(19-13)14-5-8-18-9-6-14/h5-6,8-9,11H,4,7,10,12H2,1-3H3. The summed E-state index contributed by atoms with van der Waals surface area (Å²) in [6, 6.07) is 6.00. The van der Waals surface area contributed by atoms with Crippen LogP contribution < -0.4 is 4.90 Å². The van der Waals surface area contributed by atoms with Crippen molar-refractivity contribution in [1.82, 2.24) is 15.0 Å². The molecular weight excluding hydrogens is 260 g/mol. The third kappa shape index (κ3) is 3.20. The van der Waals surface area contributed by atoms with Gasteiger partial charge in [-0.25, -0.2) is 9.97 Å². The van der Waals surface area contributed by atoms with Gasteiger partial charge in [0.15, 0.2) is 5.82 Å². The van der Waals surface area contributed by atoms with Gasteiger partial charge in [-0.15, -0.1) is 0 Å². The van der Waals surface area contributed by atoms with Crippen molar-refractivity contribution in [3.8, 4) is 11.4 Å². The molecule has 1 aliphatic rings. The first-order valence-corrected chi connectivity index (χ1v) is 7.55. The fourth-order valence-electron chi connectivity index (χ4n) is 2.96. The number of anilines is 1. The number of aromatic nitrogens is 3. The summed E-state index contributed by atoms with van der Waals surface area (Å²) < 4.78 is 0. The summed E-state index contributed by atoms with van der Waals surface area (Å²) in [6.07, 6.45) is 6.07. The molecule has 110 valence electrons. The summed E-state index contributed by atoms with van der Waals surface area (Å²) in [7, 11) is 0. The van der Waals surface area contributed by atoms with Gasteiger partial charge in [-0.3, -0.25) is 4.98 Å². The van der Waals surface area contributed by atoms with Crippen molar-refractivity contribution in [1.29, 1.82) is 0 Å². The Kier molecular flexibility index (Phi) is 3.62. The largest absolute Gasteiger partial charge is 0.356 e. The number of piperidine rings is 1. The molecule has 0 radical (unpaired) electrons. The number of hydrogen-bond donors (Lipinski definition) is 0. The second kappa shape index (κ2) is 5.43. The van der Waals surface area contributed by atoms with Crippen molar-refractivity contribution in [2.45, 2.75) is 33.6 Å². The Morgan fingerprint density at radius 2 is 1.90 bits per heavy atom. The molecule has 0 atom stereocenters. The van der Waals surface area contributed by atoms with E-state index in [1.807, 2.05) is 19.1 Å². The molecule has 21 heavy (non-hydrogen) atoms. The van der Waals surface area contributed by atoms with Crippen LogP contribution in [0.15, 0.2) is 30.6 Å². The first kappa shape index (κ1) is 14.0. The summed E-state index contributed by atoms with van der Waals surface area (Å²) in [5, 5.41) is 0. The maximum Gasteiger partial charge on any atom is 0.161 e. The third-order valence-corrected chi connectivity index (χ3v) is 4.00. The van der Waals surface area contributed by atoms with E-state index in [4.69, 9.17) is 4.98 Å². The smallest absolute Gasteiger partial charge is 0.161 e. The van der Waals surface area contributed by atoms with Crippen LogP contribution in [0.3, 0.4) is 0 Å². The molecule has 1 fully saturated rings. The Morgan fingerprint density at radius 1 is 1.14 bits per heavy atom. The fourth-order valence-corrected chi connectivity index (χ4v) is 2.96. The highest BCUT2D eigenvalue weighted by atomic mass is 15.2. The van der Waals surface area contributed by atoms with Crippen LogP contribution in [0.5, 0.6) is 0 Å². The second-order valence-electron chi connectivity index (χ2n) is 6.62. The lowest BCUT2D eigenvalue weighted by atomic mass is 9.84. The van der Waals surface area contributed by atoms with Crippen LogP contribution in [0.1, 0.15) is 32.4 Å². The molecule has 0 aliphatic carbocycles. The molecule has 0 unspecified atom stereocenters. The molecule has 4 heteroatoms. The topological polar surface area (TPSA) is 41.9 Å². The predicted octanol–water partition coefficient (Wildman–Crippen LogP) is 3.47. The molecule has 0 amide bonds. The molecule has 1 saturated heterocycles. The maximum absolute atomic E-state index is 4.78. The molecule has 1 aliphatic heterocycles. The van der Waals surface area contributed by atoms with Crippen LogP contribution in [-0.4, -0.2) is 28.0 Å². The summed E-state index contributed by atoms with van der Waals surface area (Å²) >= 11 is 0. The number of hydrogen-bond acceptors (Lipinski definition) is 4. The van der Waals surface area contributed by atoms with Gasteiger partial charge in [-0.2, -0.15) is 0 Å². The van der Waals surface area contributed by atoms with E-state index in [1.54, 1.807) is 12.4 Å². The molecule has 2 aromatic rings. The lowest BCUT2D eigenvalue weighted by molar-refractivity contribution is 0.292. The molecule has 2 aromatic heterocycles. The first-order chi connectivity index (χ1) is 10.0. The molecule has 3 rings (SSSR count). The normalized spacial score (nSPS) is 17.8. The van der Waals surface area contributed by atoms with Crippen LogP contribution in [0.2, 0.25) is 0 Å². The zero-order valence-corrected chi connectivity index (χ0v) is 13.0. The molecule has 0 N–H and O–H groups in total. The van der Waals surface area contributed by atoms with E-state index in [0.717, 1.165) is 36.0 Å². The van der Waals surface area contributed by atoms with Gasteiger partial charge in [-0.05, 0) is 37.3 Å². The highest BCUT2D eigenvalue weighted by Gasteiger charge is 2.27. The van der Waals surface area contributed by atoms with Gasteiger partial charge >= 0.3 is 0 Å². The van der Waals surface area contributed by atoms with Crippen molar-refractivity contribution in [2.24, 2.45) is 5.41 Å². The predicted molar refractivity (Wildman–Crippen MR) is 85.2 cm³/mol. The van der Waals surface area contributed by atoms with E-state index in [2.05, 4.69) is 34.8 Å². The average molecular weight is 282 g/mol. The molecule has 0 aromatic carbocycles. The number of nitrogens with zero attached hydrogens (tertiary/aromatic N) is 4. The van der Waals surface area contributed by atoms with E-state index in [9.17, 15) is 0 Å². The van der Waals surface area contributed by atoms with Gasteiger partial charge in [0.2, 0.25) is 0 Å². The Morgan fingerprint density at radius 3 is 2.62 bits per heavy atom. The van der Waals surface area contributed by atoms with Crippen molar-refractivity contribution < 1.29 is 0 Å². The molecule has 0 bridgehead atoms. The van der Waals surface area contributed by atoms with Gasteiger partial charge in [0.1, 0.15) is 5.82 Å². The minimum atomic E-state index is 0.355. The highest BCUT2D eigenvalue weighted by Crippen LogP contribution is 2.31. The van der Waals surface area contributed by atoms with Gasteiger partial charge in [0, 0.05) is 42.8 Å². The van der Waals surface area contributed by atoms with Crippen molar-refractivity contribution in [3.63, 3.8) is 0 Å². The van der Waals surface area contributed by atoms with Crippen LogP contribution in [-0.2, 0) is 0 Å². The molecular formula is C17H22N4. The Bertz CT molecular complexity index is 622. The van der Waals surface area contributed by atoms with Crippen LogP contribution >= 0.6 is 0 Å². The number of rotatable bonds is 2. The van der Waals surface area contributed by atoms with Crippen molar-refractivity contribution in [2.75, 3.05) is 18.0 Å². The monoisotopic (exact) mass is 282 g/mol. The van der Waals surface area contributed by atoms with E-state index < -0.39 is 0 Å². The second-order valence-corrected chi connectivity index (χ2v) is 6.62. The van der Waals surface area contributed by atoms with Gasteiger partial charge in [0.05, 0.1) is 0 Å². The van der Waals surface area contributed by atoms with E-state index >= 15 is 0 Å². The van der Waals surface area contributed by atoms with E-state index in [1.165, 1.54) is 12.8 Å². The van der Waals surface area contributed by atoms with Crippen LogP contribution in [0.4, 0.5) is 5.82 Å². The van der Waals surface area contributed by atoms with Crippen LogP contribution in [0, 0.1) is 12.3 Å². The average Bonchev–Trinajstić information content (AvgIpc) is 2.46. The van der Waals surface area contributed by atoms with Crippen molar-refractivity contribution >= 4 is 5.82 Å². The molecule has 3 heterocycles. The Labute approximate surface area is 126 Å². The van der Waals surface area contributed by atoms with Crippen LogP contribution in [0.25, 0.3) is 11.4 Å².